The Kier molecular flexibility index (Phi) is 5.74. The first kappa shape index (κ1) is 19.6. The van der Waals surface area contributed by atoms with Crippen LogP contribution in [0.5, 0.6) is 0 Å². The van der Waals surface area contributed by atoms with E-state index in [0.29, 0.717) is 26.2 Å². The molecule has 2 aromatic carbocycles. The number of hydrogen-bond donors (Lipinski definition) is 2. The molecule has 4 rings (SSSR count). The lowest BCUT2D eigenvalue weighted by Gasteiger charge is -2.38. The van der Waals surface area contributed by atoms with Crippen LogP contribution in [0.3, 0.4) is 0 Å². The lowest BCUT2D eigenvalue weighted by molar-refractivity contribution is 0.0945. The molecule has 0 unspecified atom stereocenters. The quantitative estimate of drug-likeness (QED) is 0.659. The van der Waals surface area contributed by atoms with E-state index in [1.165, 1.54) is 5.56 Å². The van der Waals surface area contributed by atoms with Crippen molar-refractivity contribution in [3.63, 3.8) is 0 Å². The molecule has 3 aromatic rings. The standard InChI is InChI=1S/C22H24N6O2/c1-16-7-9-18(10-8-16)12-24-22(30)27-13-19(14-27)28-15-20(25-26-28)21(29)23-11-17-5-3-2-4-6-17/h2-10,15,19H,11-14H2,1H3,(H,23,29)(H,24,30). The third-order valence-electron chi connectivity index (χ3n) is 5.13. The molecule has 154 valence electrons. The fraction of sp³-hybridized carbons (Fsp3) is 0.273. The fourth-order valence-corrected chi connectivity index (χ4v) is 3.21. The van der Waals surface area contributed by atoms with E-state index in [1.807, 2.05) is 61.5 Å². The van der Waals surface area contributed by atoms with E-state index in [-0.39, 0.29) is 23.7 Å². The molecule has 0 radical (unpaired) electrons. The van der Waals surface area contributed by atoms with Gasteiger partial charge in [0.05, 0.1) is 12.2 Å². The van der Waals surface area contributed by atoms with E-state index in [2.05, 4.69) is 20.9 Å². The van der Waals surface area contributed by atoms with Crippen LogP contribution in [-0.2, 0) is 13.1 Å². The third kappa shape index (κ3) is 4.65. The topological polar surface area (TPSA) is 92.2 Å². The number of likely N-dealkylation sites (tertiary alicyclic amines) is 1. The number of amides is 3. The van der Waals surface area contributed by atoms with Gasteiger partial charge in [-0.15, -0.1) is 5.10 Å². The molecule has 0 aliphatic carbocycles. The number of aryl methyl sites for hydroxylation is 1. The molecule has 2 heterocycles. The fourth-order valence-electron chi connectivity index (χ4n) is 3.21. The van der Waals surface area contributed by atoms with Gasteiger partial charge in [-0.05, 0) is 18.1 Å². The first-order chi connectivity index (χ1) is 14.6. The summed E-state index contributed by atoms with van der Waals surface area (Å²) >= 11 is 0. The summed E-state index contributed by atoms with van der Waals surface area (Å²) in [7, 11) is 0. The van der Waals surface area contributed by atoms with Gasteiger partial charge in [-0.25, -0.2) is 9.48 Å². The lowest BCUT2D eigenvalue weighted by atomic mass is 10.1. The van der Waals surface area contributed by atoms with Crippen molar-refractivity contribution in [2.24, 2.45) is 0 Å². The maximum atomic E-state index is 12.3. The van der Waals surface area contributed by atoms with Crippen molar-refractivity contribution in [3.05, 3.63) is 83.2 Å². The van der Waals surface area contributed by atoms with Crippen molar-refractivity contribution in [1.82, 2.24) is 30.5 Å². The number of carbonyl (C=O) groups excluding carboxylic acids is 2. The summed E-state index contributed by atoms with van der Waals surface area (Å²) in [4.78, 5) is 26.3. The van der Waals surface area contributed by atoms with Crippen molar-refractivity contribution in [2.45, 2.75) is 26.1 Å². The number of carbonyl (C=O) groups is 2. The highest BCUT2D eigenvalue weighted by Gasteiger charge is 2.33. The van der Waals surface area contributed by atoms with Crippen LogP contribution >= 0.6 is 0 Å². The van der Waals surface area contributed by atoms with Gasteiger partial charge in [-0.2, -0.15) is 0 Å². The van der Waals surface area contributed by atoms with Crippen LogP contribution in [0.15, 0.2) is 60.8 Å². The van der Waals surface area contributed by atoms with E-state index >= 15 is 0 Å². The van der Waals surface area contributed by atoms with Crippen molar-refractivity contribution in [1.29, 1.82) is 0 Å². The van der Waals surface area contributed by atoms with Crippen LogP contribution in [0.2, 0.25) is 0 Å². The summed E-state index contributed by atoms with van der Waals surface area (Å²) in [6.45, 7) is 4.04. The molecule has 2 N–H and O–H groups in total. The van der Waals surface area contributed by atoms with Crippen molar-refractivity contribution < 1.29 is 9.59 Å². The summed E-state index contributed by atoms with van der Waals surface area (Å²) in [6.07, 6.45) is 1.63. The zero-order valence-electron chi connectivity index (χ0n) is 16.8. The average molecular weight is 404 g/mol. The number of hydrogen-bond acceptors (Lipinski definition) is 4. The smallest absolute Gasteiger partial charge is 0.317 e. The van der Waals surface area contributed by atoms with E-state index in [0.717, 1.165) is 11.1 Å². The molecule has 1 aromatic heterocycles. The molecule has 30 heavy (non-hydrogen) atoms. The highest BCUT2D eigenvalue weighted by molar-refractivity contribution is 5.91. The lowest BCUT2D eigenvalue weighted by Crippen LogP contribution is -2.54. The van der Waals surface area contributed by atoms with E-state index in [4.69, 9.17) is 0 Å². The maximum Gasteiger partial charge on any atom is 0.317 e. The molecule has 8 nitrogen and oxygen atoms in total. The molecule has 0 spiro atoms. The number of nitrogens with one attached hydrogen (secondary N) is 2. The Morgan fingerprint density at radius 3 is 2.37 bits per heavy atom. The molecule has 8 heteroatoms. The minimum atomic E-state index is -0.267. The maximum absolute atomic E-state index is 12.3. The number of benzene rings is 2. The van der Waals surface area contributed by atoms with Gasteiger partial charge < -0.3 is 15.5 Å². The number of aromatic nitrogens is 3. The minimum absolute atomic E-state index is 0.0262. The zero-order chi connectivity index (χ0) is 20.9. The number of nitrogens with zero attached hydrogens (tertiary/aromatic N) is 4. The van der Waals surface area contributed by atoms with E-state index in [9.17, 15) is 9.59 Å². The highest BCUT2D eigenvalue weighted by Crippen LogP contribution is 2.20. The summed E-state index contributed by atoms with van der Waals surface area (Å²) in [6, 6.07) is 17.7. The summed E-state index contributed by atoms with van der Waals surface area (Å²) in [5.74, 6) is -0.267. The second-order valence-electron chi connectivity index (χ2n) is 7.46. The van der Waals surface area contributed by atoms with Crippen LogP contribution in [0.1, 0.15) is 33.2 Å². The third-order valence-corrected chi connectivity index (χ3v) is 5.13. The van der Waals surface area contributed by atoms with Crippen LogP contribution in [-0.4, -0.2) is 44.9 Å². The van der Waals surface area contributed by atoms with Gasteiger partial charge in [-0.3, -0.25) is 4.79 Å². The second kappa shape index (κ2) is 8.77. The predicted molar refractivity (Wildman–Crippen MR) is 112 cm³/mol. The Morgan fingerprint density at radius 2 is 1.63 bits per heavy atom. The molecule has 1 aliphatic heterocycles. The normalized spacial score (nSPS) is 13.6. The van der Waals surface area contributed by atoms with Crippen LogP contribution < -0.4 is 10.6 Å². The van der Waals surface area contributed by atoms with Gasteiger partial charge in [0.2, 0.25) is 0 Å². The molecule has 0 atom stereocenters. The second-order valence-corrected chi connectivity index (χ2v) is 7.46. The van der Waals surface area contributed by atoms with Crippen molar-refractivity contribution in [3.8, 4) is 0 Å². The molecule has 1 fully saturated rings. The van der Waals surface area contributed by atoms with E-state index in [1.54, 1.807) is 15.8 Å². The molecule has 0 saturated carbocycles. The van der Waals surface area contributed by atoms with Gasteiger partial charge in [0.1, 0.15) is 0 Å². The minimum Gasteiger partial charge on any atom is -0.347 e. The molecular formula is C22H24N6O2. The van der Waals surface area contributed by atoms with Crippen LogP contribution in [0.25, 0.3) is 0 Å². The Hall–Kier alpha value is -3.68. The number of rotatable bonds is 6. The summed E-state index contributed by atoms with van der Waals surface area (Å²) in [5, 5.41) is 13.8. The van der Waals surface area contributed by atoms with Gasteiger partial charge in [0.25, 0.3) is 5.91 Å². The largest absolute Gasteiger partial charge is 0.347 e. The van der Waals surface area contributed by atoms with Crippen molar-refractivity contribution in [2.75, 3.05) is 13.1 Å². The summed E-state index contributed by atoms with van der Waals surface area (Å²) in [5.41, 5.74) is 3.54. The average Bonchev–Trinajstić information content (AvgIpc) is 3.21. The monoisotopic (exact) mass is 404 g/mol. The highest BCUT2D eigenvalue weighted by atomic mass is 16.2. The van der Waals surface area contributed by atoms with Gasteiger partial charge in [-0.1, -0.05) is 65.4 Å². The molecule has 3 amide bonds. The zero-order valence-corrected chi connectivity index (χ0v) is 16.8. The first-order valence-electron chi connectivity index (χ1n) is 9.91. The van der Waals surface area contributed by atoms with Gasteiger partial charge in [0, 0.05) is 26.2 Å². The number of urea groups is 1. The summed E-state index contributed by atoms with van der Waals surface area (Å²) < 4.78 is 1.65. The Balaban J connectivity index is 1.23. The van der Waals surface area contributed by atoms with Crippen LogP contribution in [0, 0.1) is 6.92 Å². The van der Waals surface area contributed by atoms with Gasteiger partial charge >= 0.3 is 6.03 Å². The van der Waals surface area contributed by atoms with E-state index < -0.39 is 0 Å². The van der Waals surface area contributed by atoms with Crippen LogP contribution in [0.4, 0.5) is 4.79 Å². The first-order valence-corrected chi connectivity index (χ1v) is 9.91. The molecule has 1 saturated heterocycles. The Labute approximate surface area is 174 Å². The van der Waals surface area contributed by atoms with Gasteiger partial charge in [0.15, 0.2) is 5.69 Å². The molecular weight excluding hydrogens is 380 g/mol. The van der Waals surface area contributed by atoms with Crippen molar-refractivity contribution >= 4 is 11.9 Å². The molecule has 1 aliphatic rings. The Bertz CT molecular complexity index is 1010. The Morgan fingerprint density at radius 1 is 0.967 bits per heavy atom. The molecule has 0 bridgehead atoms. The predicted octanol–water partition coefficient (Wildman–Crippen LogP) is 2.28. The SMILES string of the molecule is Cc1ccc(CNC(=O)N2CC(n3cc(C(=O)NCc4ccccc4)nn3)C2)cc1.